The molecule has 0 aromatic rings. The van der Waals surface area contributed by atoms with E-state index >= 15 is 0 Å². The third kappa shape index (κ3) is 6.39. The van der Waals surface area contributed by atoms with Crippen LogP contribution in [-0.4, -0.2) is 25.7 Å². The van der Waals surface area contributed by atoms with E-state index in [1.807, 2.05) is 0 Å². The zero-order valence-electron chi connectivity index (χ0n) is 6.04. The fraction of sp³-hybridized carbons (Fsp3) is 1.00. The number of hydrogen-bond donors (Lipinski definition) is 1. The summed E-state index contributed by atoms with van der Waals surface area (Å²) in [6, 6.07) is 0. The lowest BCUT2D eigenvalue weighted by molar-refractivity contribution is 0.860. The molecule has 0 amide bonds. The van der Waals surface area contributed by atoms with Gasteiger partial charge in [-0.3, -0.25) is 0 Å². The van der Waals surface area contributed by atoms with Gasteiger partial charge in [-0.1, -0.05) is 19.1 Å². The molecule has 50 valence electrons. The highest BCUT2D eigenvalue weighted by molar-refractivity contribution is 6.53. The monoisotopic (exact) mass is 147 g/mol. The van der Waals surface area contributed by atoms with Gasteiger partial charge >= 0.3 is 0 Å². The lowest BCUT2D eigenvalue weighted by Gasteiger charge is -1.96. The van der Waals surface area contributed by atoms with Crippen LogP contribution in [0.25, 0.3) is 0 Å². The number of rotatable bonds is 5. The fourth-order valence-electron chi connectivity index (χ4n) is 0.604. The lowest BCUT2D eigenvalue weighted by Crippen LogP contribution is -2.20. The van der Waals surface area contributed by atoms with Gasteiger partial charge in [-0.25, -0.2) is 0 Å². The van der Waals surface area contributed by atoms with Gasteiger partial charge in [0.15, 0.2) is 0 Å². The Labute approximate surface area is 57.0 Å². The first-order valence-corrected chi connectivity index (χ1v) is 7.74. The summed E-state index contributed by atoms with van der Waals surface area (Å²) < 4.78 is 0. The second-order valence-electron chi connectivity index (χ2n) is 2.10. The average molecular weight is 147 g/mol. The average Bonchev–Trinajstić information content (AvgIpc) is 1.81. The minimum absolute atomic E-state index is 0.212. The summed E-state index contributed by atoms with van der Waals surface area (Å²) in [5.41, 5.74) is 1.60. The Hall–Kier alpha value is 0.394. The van der Waals surface area contributed by atoms with Crippen molar-refractivity contribution < 1.29 is 0 Å². The molecule has 0 aliphatic carbocycles. The fourth-order valence-corrected chi connectivity index (χ4v) is 3.62. The van der Waals surface area contributed by atoms with Crippen LogP contribution < -0.4 is 4.98 Å². The van der Waals surface area contributed by atoms with Crippen LogP contribution in [-0.2, 0) is 0 Å². The summed E-state index contributed by atoms with van der Waals surface area (Å²) in [5.74, 6) is 0. The zero-order chi connectivity index (χ0) is 6.24. The van der Waals surface area contributed by atoms with Crippen molar-refractivity contribution in [2.45, 2.75) is 25.6 Å². The van der Waals surface area contributed by atoms with Crippen LogP contribution in [0.4, 0.5) is 0 Å². The van der Waals surface area contributed by atoms with Gasteiger partial charge in [0.25, 0.3) is 0 Å². The molecule has 0 aromatic heterocycles. The van der Waals surface area contributed by atoms with E-state index in [2.05, 4.69) is 18.5 Å². The van der Waals surface area contributed by atoms with Crippen molar-refractivity contribution in [3.8, 4) is 0 Å². The van der Waals surface area contributed by atoms with Gasteiger partial charge in [-0.2, -0.15) is 0 Å². The number of hydrogen-bond acceptors (Lipinski definition) is 1. The molecular formula is C5H17NSi2. The molecule has 3 heteroatoms. The molecule has 1 N–H and O–H groups in total. The van der Waals surface area contributed by atoms with E-state index in [0.29, 0.717) is 9.52 Å². The molecule has 0 saturated heterocycles. The van der Waals surface area contributed by atoms with Crippen LogP contribution in [0.1, 0.15) is 13.3 Å². The minimum atomic E-state index is 0.212. The standard InChI is InChI=1S/C5H17NSi2/c1-3-4-6-8-5-7-2/h6H,3-5,7-8H2,1-2H3. The summed E-state index contributed by atoms with van der Waals surface area (Å²) in [5, 5.41) is 0. The molecule has 0 unspecified atom stereocenters. The predicted molar refractivity (Wildman–Crippen MR) is 46.1 cm³/mol. The largest absolute Gasteiger partial charge is 0.342 e. The van der Waals surface area contributed by atoms with E-state index in [1.165, 1.54) is 13.0 Å². The van der Waals surface area contributed by atoms with Crippen LogP contribution in [0.3, 0.4) is 0 Å². The van der Waals surface area contributed by atoms with Crippen LogP contribution in [0.15, 0.2) is 0 Å². The molecule has 8 heavy (non-hydrogen) atoms. The maximum absolute atomic E-state index is 3.51. The third-order valence-corrected chi connectivity index (χ3v) is 6.08. The Balaban J connectivity index is 2.53. The van der Waals surface area contributed by atoms with Crippen molar-refractivity contribution in [2.24, 2.45) is 0 Å². The molecule has 1 nitrogen and oxygen atoms in total. The highest BCUT2D eigenvalue weighted by atomic mass is 28.3. The lowest BCUT2D eigenvalue weighted by atomic mass is 10.5. The molecular weight excluding hydrogens is 130 g/mol. The molecule has 0 heterocycles. The minimum Gasteiger partial charge on any atom is -0.342 e. The molecule has 0 aromatic carbocycles. The molecule has 0 aliphatic rings. The quantitative estimate of drug-likeness (QED) is 0.414. The topological polar surface area (TPSA) is 12.0 Å². The van der Waals surface area contributed by atoms with E-state index in [0.717, 1.165) is 0 Å². The van der Waals surface area contributed by atoms with Crippen molar-refractivity contribution in [3.05, 3.63) is 0 Å². The molecule has 0 rings (SSSR count). The molecule has 0 saturated carbocycles. The molecule has 0 radical (unpaired) electrons. The molecule has 0 bridgehead atoms. The highest BCUT2D eigenvalue weighted by Gasteiger charge is 1.82. The first-order chi connectivity index (χ1) is 3.91. The van der Waals surface area contributed by atoms with Crippen molar-refractivity contribution >= 4 is 19.2 Å². The van der Waals surface area contributed by atoms with Gasteiger partial charge in [-0.05, 0) is 13.0 Å². The van der Waals surface area contributed by atoms with E-state index in [4.69, 9.17) is 0 Å². The maximum Gasteiger partial charge on any atom is 0.0885 e. The Kier molecular flexibility index (Phi) is 7.76. The van der Waals surface area contributed by atoms with Gasteiger partial charge in [0.05, 0.1) is 9.68 Å². The van der Waals surface area contributed by atoms with Gasteiger partial charge in [-0.15, -0.1) is 0 Å². The van der Waals surface area contributed by atoms with E-state index in [9.17, 15) is 0 Å². The summed E-state index contributed by atoms with van der Waals surface area (Å²) in [7, 11) is 0.597. The first-order valence-electron chi connectivity index (χ1n) is 3.62. The molecule has 0 fully saturated rings. The molecule has 0 atom stereocenters. The Morgan fingerprint density at radius 3 is 2.75 bits per heavy atom. The predicted octanol–water partition coefficient (Wildman–Crippen LogP) is -0.337. The third-order valence-electron chi connectivity index (χ3n) is 1.13. The van der Waals surface area contributed by atoms with Gasteiger partial charge in [0.1, 0.15) is 0 Å². The van der Waals surface area contributed by atoms with Crippen molar-refractivity contribution in [1.29, 1.82) is 0 Å². The first kappa shape index (κ1) is 8.39. The summed E-state index contributed by atoms with van der Waals surface area (Å²) >= 11 is 0. The Morgan fingerprint density at radius 1 is 1.50 bits per heavy atom. The zero-order valence-corrected chi connectivity index (χ0v) is 8.86. The van der Waals surface area contributed by atoms with Crippen molar-refractivity contribution in [3.63, 3.8) is 0 Å². The maximum atomic E-state index is 3.51. The smallest absolute Gasteiger partial charge is 0.0885 e. The SMILES string of the molecule is CCCN[SiH2]C[SiH2]C. The van der Waals surface area contributed by atoms with Crippen LogP contribution in [0.5, 0.6) is 0 Å². The van der Waals surface area contributed by atoms with Gasteiger partial charge in [0, 0.05) is 9.52 Å². The van der Waals surface area contributed by atoms with Crippen LogP contribution in [0.2, 0.25) is 12.2 Å². The molecule has 0 spiro atoms. The second-order valence-corrected chi connectivity index (χ2v) is 6.93. The summed E-state index contributed by atoms with van der Waals surface area (Å²) in [4.78, 5) is 3.51. The highest BCUT2D eigenvalue weighted by Crippen LogP contribution is 1.71. The van der Waals surface area contributed by atoms with Crippen molar-refractivity contribution in [2.75, 3.05) is 6.54 Å². The summed E-state index contributed by atoms with van der Waals surface area (Å²) in [6.07, 6.45) is 1.30. The van der Waals surface area contributed by atoms with E-state index in [1.54, 1.807) is 5.67 Å². The Morgan fingerprint density at radius 2 is 2.25 bits per heavy atom. The molecule has 0 aliphatic heterocycles. The van der Waals surface area contributed by atoms with E-state index < -0.39 is 0 Å². The Bertz CT molecular complexity index is 35.4. The second kappa shape index (κ2) is 7.39. The van der Waals surface area contributed by atoms with Crippen LogP contribution in [0, 0.1) is 0 Å². The normalized spacial score (nSPS) is 12.8. The van der Waals surface area contributed by atoms with Crippen molar-refractivity contribution in [1.82, 2.24) is 4.98 Å². The number of nitrogens with one attached hydrogen (secondary N) is 1. The summed E-state index contributed by atoms with van der Waals surface area (Å²) in [6.45, 7) is 5.88. The van der Waals surface area contributed by atoms with E-state index in [-0.39, 0.29) is 9.68 Å². The van der Waals surface area contributed by atoms with Gasteiger partial charge < -0.3 is 4.98 Å². The van der Waals surface area contributed by atoms with Gasteiger partial charge in [0.2, 0.25) is 0 Å². The van der Waals surface area contributed by atoms with Crippen LogP contribution >= 0.6 is 0 Å².